The van der Waals surface area contributed by atoms with Gasteiger partial charge in [0, 0.05) is 6.20 Å². The first-order valence-electron chi connectivity index (χ1n) is 5.54. The van der Waals surface area contributed by atoms with Crippen LogP contribution in [0.5, 0.6) is 0 Å². The van der Waals surface area contributed by atoms with E-state index in [1.165, 1.54) is 6.20 Å². The molecule has 3 N–H and O–H groups in total. The first-order valence-corrected chi connectivity index (χ1v) is 6.31. The largest absolute Gasteiger partial charge is 0.396 e. The summed E-state index contributed by atoms with van der Waals surface area (Å²) in [5, 5.41) is 6.69. The summed E-state index contributed by atoms with van der Waals surface area (Å²) in [7, 11) is 0. The minimum absolute atomic E-state index is 0.230. The van der Waals surface area contributed by atoms with Crippen LogP contribution in [-0.4, -0.2) is 20.5 Å². The number of hydrogen-bond donors (Lipinski definition) is 2. The van der Waals surface area contributed by atoms with Crippen LogP contribution in [0.2, 0.25) is 0 Å². The van der Waals surface area contributed by atoms with Crippen molar-refractivity contribution in [1.29, 1.82) is 0 Å². The van der Waals surface area contributed by atoms with Crippen molar-refractivity contribution in [2.45, 2.75) is 19.8 Å². The summed E-state index contributed by atoms with van der Waals surface area (Å²) in [4.78, 5) is 16.5. The lowest BCUT2D eigenvalue weighted by atomic mass is 10.2. The second-order valence-electron chi connectivity index (χ2n) is 3.72. The van der Waals surface area contributed by atoms with Gasteiger partial charge >= 0.3 is 0 Å². The van der Waals surface area contributed by atoms with Crippen molar-refractivity contribution in [2.24, 2.45) is 0 Å². The molecule has 0 radical (unpaired) electrons. The topological polar surface area (TPSA) is 93.8 Å². The quantitative estimate of drug-likeness (QED) is 0.876. The van der Waals surface area contributed by atoms with Gasteiger partial charge in [-0.1, -0.05) is 17.8 Å². The van der Waals surface area contributed by atoms with Gasteiger partial charge in [0.1, 0.15) is 4.88 Å². The second-order valence-corrected chi connectivity index (χ2v) is 4.47. The molecule has 0 bridgehead atoms. The fourth-order valence-corrected chi connectivity index (χ4v) is 2.08. The molecule has 0 aromatic carbocycles. The van der Waals surface area contributed by atoms with Crippen molar-refractivity contribution in [3.63, 3.8) is 0 Å². The Morgan fingerprint density at radius 2 is 2.39 bits per heavy atom. The minimum atomic E-state index is -0.230. The van der Waals surface area contributed by atoms with Gasteiger partial charge in [-0.2, -0.15) is 0 Å². The number of hydrogen-bond acceptors (Lipinski definition) is 6. The highest BCUT2D eigenvalue weighted by Gasteiger charge is 2.16. The molecule has 94 valence electrons. The van der Waals surface area contributed by atoms with E-state index in [0.29, 0.717) is 16.3 Å². The van der Waals surface area contributed by atoms with Crippen molar-refractivity contribution in [3.8, 4) is 0 Å². The van der Waals surface area contributed by atoms with E-state index in [2.05, 4.69) is 19.9 Å². The monoisotopic (exact) mass is 263 g/mol. The molecule has 0 atom stereocenters. The third-order valence-corrected chi connectivity index (χ3v) is 3.12. The number of nitrogens with one attached hydrogen (secondary N) is 1. The average molecular weight is 263 g/mol. The number of carbonyl (C=O) groups excluding carboxylic acids is 1. The maximum absolute atomic E-state index is 12.1. The lowest BCUT2D eigenvalue weighted by molar-refractivity contribution is 0.102. The van der Waals surface area contributed by atoms with Crippen LogP contribution in [0.1, 0.15) is 28.7 Å². The van der Waals surface area contributed by atoms with Gasteiger partial charge in [0.15, 0.2) is 0 Å². The maximum atomic E-state index is 12.1. The highest BCUT2D eigenvalue weighted by Crippen LogP contribution is 2.19. The second kappa shape index (κ2) is 5.54. The maximum Gasteiger partial charge on any atom is 0.269 e. The number of rotatable bonds is 4. The molecule has 18 heavy (non-hydrogen) atoms. The van der Waals surface area contributed by atoms with E-state index < -0.39 is 0 Å². The molecule has 7 heteroatoms. The van der Waals surface area contributed by atoms with Gasteiger partial charge in [0.25, 0.3) is 5.91 Å². The molecule has 0 aliphatic heterocycles. The van der Waals surface area contributed by atoms with Gasteiger partial charge in [-0.3, -0.25) is 9.78 Å². The normalized spacial score (nSPS) is 10.3. The smallest absolute Gasteiger partial charge is 0.269 e. The lowest BCUT2D eigenvalue weighted by Crippen LogP contribution is -2.13. The van der Waals surface area contributed by atoms with E-state index in [-0.39, 0.29) is 5.91 Å². The van der Waals surface area contributed by atoms with Crippen LogP contribution in [0.15, 0.2) is 18.5 Å². The fourth-order valence-electron chi connectivity index (χ4n) is 1.48. The van der Waals surface area contributed by atoms with Gasteiger partial charge in [-0.25, -0.2) is 0 Å². The van der Waals surface area contributed by atoms with E-state index in [1.54, 1.807) is 12.3 Å². The lowest BCUT2D eigenvalue weighted by Gasteiger charge is -2.06. The molecule has 1 amide bonds. The number of pyridine rings is 1. The standard InChI is InChI=1S/C11H13N5OS/c1-2-3-9-10(18-16-15-9)11(17)14-8-4-5-13-6-7(8)12/h4-6H,2-3,12H2,1H3,(H,13,14,17). The Hall–Kier alpha value is -2.02. The molecular formula is C11H13N5OS. The Kier molecular flexibility index (Phi) is 3.83. The molecule has 6 nitrogen and oxygen atoms in total. The third kappa shape index (κ3) is 2.62. The highest BCUT2D eigenvalue weighted by atomic mass is 32.1. The first-order chi connectivity index (χ1) is 8.72. The van der Waals surface area contributed by atoms with Crippen LogP contribution in [0.4, 0.5) is 11.4 Å². The van der Waals surface area contributed by atoms with Gasteiger partial charge in [0.2, 0.25) is 0 Å². The Morgan fingerprint density at radius 3 is 3.11 bits per heavy atom. The zero-order valence-electron chi connectivity index (χ0n) is 9.88. The number of amides is 1. The van der Waals surface area contributed by atoms with Crippen molar-refractivity contribution in [1.82, 2.24) is 14.6 Å². The van der Waals surface area contributed by atoms with Crippen LogP contribution in [0.25, 0.3) is 0 Å². The molecule has 0 unspecified atom stereocenters. The molecule has 2 aromatic heterocycles. The van der Waals surface area contributed by atoms with E-state index in [9.17, 15) is 4.79 Å². The SMILES string of the molecule is CCCc1nnsc1C(=O)Nc1ccncc1N. The van der Waals surface area contributed by atoms with Gasteiger partial charge in [-0.05, 0) is 24.0 Å². The summed E-state index contributed by atoms with van der Waals surface area (Å²) in [5.41, 5.74) is 7.42. The Bertz CT molecular complexity index is 554. The Morgan fingerprint density at radius 1 is 1.56 bits per heavy atom. The molecule has 2 heterocycles. The summed E-state index contributed by atoms with van der Waals surface area (Å²) >= 11 is 1.09. The first kappa shape index (κ1) is 12.4. The summed E-state index contributed by atoms with van der Waals surface area (Å²) < 4.78 is 3.81. The van der Waals surface area contributed by atoms with Gasteiger partial charge in [0.05, 0.1) is 23.3 Å². The van der Waals surface area contributed by atoms with Crippen molar-refractivity contribution in [2.75, 3.05) is 11.1 Å². The highest BCUT2D eigenvalue weighted by molar-refractivity contribution is 7.08. The number of nitrogen functional groups attached to an aromatic ring is 1. The van der Waals surface area contributed by atoms with Crippen LogP contribution >= 0.6 is 11.5 Å². The predicted octanol–water partition coefficient (Wildman–Crippen LogP) is 1.72. The van der Waals surface area contributed by atoms with Gasteiger partial charge in [-0.15, -0.1) is 5.10 Å². The van der Waals surface area contributed by atoms with E-state index in [0.717, 1.165) is 30.1 Å². The molecule has 0 saturated carbocycles. The van der Waals surface area contributed by atoms with Gasteiger partial charge < -0.3 is 11.1 Å². The van der Waals surface area contributed by atoms with Crippen molar-refractivity contribution >= 4 is 28.8 Å². The molecule has 2 rings (SSSR count). The molecule has 0 aliphatic rings. The summed E-state index contributed by atoms with van der Waals surface area (Å²) in [6, 6.07) is 1.65. The Labute approximate surface area is 108 Å². The molecule has 0 aliphatic carbocycles. The summed E-state index contributed by atoms with van der Waals surface area (Å²) in [5.74, 6) is -0.230. The van der Waals surface area contributed by atoms with Crippen LogP contribution in [0.3, 0.4) is 0 Å². The predicted molar refractivity (Wildman–Crippen MR) is 70.5 cm³/mol. The molecular weight excluding hydrogens is 250 g/mol. The van der Waals surface area contributed by atoms with Crippen molar-refractivity contribution in [3.05, 3.63) is 29.0 Å². The van der Waals surface area contributed by atoms with E-state index in [1.807, 2.05) is 6.92 Å². The third-order valence-electron chi connectivity index (χ3n) is 2.35. The number of anilines is 2. The zero-order chi connectivity index (χ0) is 13.0. The number of carbonyl (C=O) groups is 1. The molecule has 0 spiro atoms. The Balaban J connectivity index is 2.17. The number of aromatic nitrogens is 3. The van der Waals surface area contributed by atoms with Crippen LogP contribution < -0.4 is 11.1 Å². The molecule has 0 fully saturated rings. The average Bonchev–Trinajstić information content (AvgIpc) is 2.81. The fraction of sp³-hybridized carbons (Fsp3) is 0.273. The number of nitrogens with two attached hydrogens (primary N) is 1. The van der Waals surface area contributed by atoms with E-state index in [4.69, 9.17) is 5.73 Å². The van der Waals surface area contributed by atoms with Crippen LogP contribution in [0, 0.1) is 0 Å². The molecule has 2 aromatic rings. The van der Waals surface area contributed by atoms with E-state index >= 15 is 0 Å². The molecule has 0 saturated heterocycles. The number of nitrogens with zero attached hydrogens (tertiary/aromatic N) is 3. The zero-order valence-corrected chi connectivity index (χ0v) is 10.7. The summed E-state index contributed by atoms with van der Waals surface area (Å²) in [6.07, 6.45) is 4.73. The van der Waals surface area contributed by atoms with Crippen molar-refractivity contribution < 1.29 is 4.79 Å². The summed E-state index contributed by atoms with van der Waals surface area (Å²) in [6.45, 7) is 2.03. The minimum Gasteiger partial charge on any atom is -0.396 e. The number of aryl methyl sites for hydroxylation is 1. The van der Waals surface area contributed by atoms with Crippen LogP contribution in [-0.2, 0) is 6.42 Å².